The van der Waals surface area contributed by atoms with E-state index in [0.29, 0.717) is 6.61 Å². The van der Waals surface area contributed by atoms with Crippen LogP contribution in [0.2, 0.25) is 6.32 Å². The lowest BCUT2D eigenvalue weighted by atomic mass is 9.81. The Morgan fingerprint density at radius 1 is 1.36 bits per heavy atom. The van der Waals surface area contributed by atoms with Gasteiger partial charge in [0.25, 0.3) is 0 Å². The van der Waals surface area contributed by atoms with Crippen LogP contribution in [0, 0.1) is 0 Å². The van der Waals surface area contributed by atoms with Gasteiger partial charge in [0.15, 0.2) is 0 Å². The second kappa shape index (κ2) is 4.51. The zero-order valence-corrected chi connectivity index (χ0v) is 8.53. The summed E-state index contributed by atoms with van der Waals surface area (Å²) >= 11 is 0. The number of hydrogen-bond acceptors (Lipinski definition) is 2. The Kier molecular flexibility index (Phi) is 3.09. The van der Waals surface area contributed by atoms with Gasteiger partial charge in [-0.1, -0.05) is 38.0 Å². The van der Waals surface area contributed by atoms with Gasteiger partial charge in [0, 0.05) is 5.56 Å². The van der Waals surface area contributed by atoms with E-state index in [9.17, 15) is 0 Å². The van der Waals surface area contributed by atoms with Gasteiger partial charge in [-0.25, -0.2) is 0 Å². The fourth-order valence-corrected chi connectivity index (χ4v) is 1.61. The molecule has 0 aromatic heterocycles. The molecule has 74 valence electrons. The van der Waals surface area contributed by atoms with Gasteiger partial charge in [-0.15, -0.1) is 0 Å². The third-order valence-electron chi connectivity index (χ3n) is 2.45. The quantitative estimate of drug-likeness (QED) is 0.682. The van der Waals surface area contributed by atoms with Crippen LogP contribution >= 0.6 is 0 Å². The molecule has 2 rings (SSSR count). The molecule has 2 nitrogen and oxygen atoms in total. The van der Waals surface area contributed by atoms with Crippen LogP contribution in [0.5, 0.6) is 5.75 Å². The first-order chi connectivity index (χ1) is 6.90. The second-order valence-corrected chi connectivity index (χ2v) is 3.61. The van der Waals surface area contributed by atoms with Gasteiger partial charge in [-0.3, -0.25) is 0 Å². The van der Waals surface area contributed by atoms with Crippen molar-refractivity contribution in [3.8, 4) is 5.75 Å². The van der Waals surface area contributed by atoms with Crippen molar-refractivity contribution in [1.29, 1.82) is 0 Å². The summed E-state index contributed by atoms with van der Waals surface area (Å²) in [4.78, 5) is 0. The molecule has 0 saturated carbocycles. The fourth-order valence-electron chi connectivity index (χ4n) is 1.61. The van der Waals surface area contributed by atoms with Crippen LogP contribution in [0.15, 0.2) is 24.3 Å². The number of benzene rings is 1. The maximum absolute atomic E-state index is 5.71. The first-order valence-corrected chi connectivity index (χ1v) is 5.26. The lowest BCUT2D eigenvalue weighted by molar-refractivity contribution is 0.227. The Morgan fingerprint density at radius 2 is 2.21 bits per heavy atom. The van der Waals surface area contributed by atoms with E-state index < -0.39 is 0 Å². The molecule has 3 heteroatoms. The summed E-state index contributed by atoms with van der Waals surface area (Å²) in [5.74, 6) is 0.986. The van der Waals surface area contributed by atoms with Gasteiger partial charge in [-0.2, -0.15) is 0 Å². The summed E-state index contributed by atoms with van der Waals surface area (Å²) in [7, 11) is -0.0372. The first-order valence-electron chi connectivity index (χ1n) is 5.26. The summed E-state index contributed by atoms with van der Waals surface area (Å²) in [6.07, 6.45) is 3.34. The first kappa shape index (κ1) is 9.59. The molecule has 1 aliphatic heterocycles. The lowest BCUT2D eigenvalue weighted by Crippen LogP contribution is -2.30. The van der Waals surface area contributed by atoms with Gasteiger partial charge >= 0.3 is 7.12 Å². The van der Waals surface area contributed by atoms with Crippen LogP contribution in [0.25, 0.3) is 0 Å². The largest absolute Gasteiger partial charge is 0.536 e. The molecular weight excluding hydrogens is 175 g/mol. The molecule has 0 atom stereocenters. The summed E-state index contributed by atoms with van der Waals surface area (Å²) in [5.41, 5.74) is 1.15. The van der Waals surface area contributed by atoms with Crippen molar-refractivity contribution in [2.24, 2.45) is 0 Å². The average molecular weight is 190 g/mol. The molecule has 0 spiro atoms. The normalized spacial score (nSPS) is 14.8. The van der Waals surface area contributed by atoms with Crippen molar-refractivity contribution >= 4 is 7.12 Å². The average Bonchev–Trinajstić information content (AvgIpc) is 2.26. The van der Waals surface area contributed by atoms with E-state index in [-0.39, 0.29) is 7.12 Å². The van der Waals surface area contributed by atoms with Crippen molar-refractivity contribution in [1.82, 2.24) is 0 Å². The highest BCUT2D eigenvalue weighted by atomic mass is 16.6. The van der Waals surface area contributed by atoms with Crippen LogP contribution in [0.4, 0.5) is 0 Å². The topological polar surface area (TPSA) is 18.5 Å². The van der Waals surface area contributed by atoms with E-state index in [1.165, 1.54) is 6.42 Å². The second-order valence-electron chi connectivity index (χ2n) is 3.61. The molecule has 1 aromatic rings. The molecule has 14 heavy (non-hydrogen) atoms. The standard InChI is InChI=1S/C11H15BO2/c1-2-3-8-12-13-9-10-6-4-5-7-11(10)14-12/h4-7H,2-3,8-9H2,1H3. The van der Waals surface area contributed by atoms with Crippen molar-refractivity contribution in [2.75, 3.05) is 0 Å². The van der Waals surface area contributed by atoms with Crippen LogP contribution in [-0.4, -0.2) is 7.12 Å². The van der Waals surface area contributed by atoms with E-state index in [2.05, 4.69) is 6.92 Å². The van der Waals surface area contributed by atoms with Crippen molar-refractivity contribution in [3.05, 3.63) is 29.8 Å². The van der Waals surface area contributed by atoms with E-state index in [4.69, 9.17) is 9.31 Å². The molecule has 1 aromatic carbocycles. The molecule has 0 bridgehead atoms. The highest BCUT2D eigenvalue weighted by Gasteiger charge is 2.25. The van der Waals surface area contributed by atoms with Gasteiger partial charge in [0.05, 0.1) is 6.61 Å². The van der Waals surface area contributed by atoms with Gasteiger partial charge in [0.1, 0.15) is 5.75 Å². The van der Waals surface area contributed by atoms with E-state index >= 15 is 0 Å². The number of rotatable bonds is 3. The van der Waals surface area contributed by atoms with Crippen molar-refractivity contribution < 1.29 is 9.31 Å². The van der Waals surface area contributed by atoms with Gasteiger partial charge in [-0.05, 0) is 12.4 Å². The van der Waals surface area contributed by atoms with E-state index in [1.807, 2.05) is 24.3 Å². The number of fused-ring (bicyclic) bond motifs is 1. The molecule has 0 unspecified atom stereocenters. The van der Waals surface area contributed by atoms with Crippen LogP contribution in [0.3, 0.4) is 0 Å². The molecular formula is C11H15BO2. The predicted molar refractivity (Wildman–Crippen MR) is 57.3 cm³/mol. The zero-order chi connectivity index (χ0) is 9.80. The van der Waals surface area contributed by atoms with Crippen LogP contribution in [-0.2, 0) is 11.3 Å². The number of para-hydroxylation sites is 1. The Hall–Kier alpha value is -0.955. The molecule has 0 fully saturated rings. The molecule has 1 heterocycles. The fraction of sp³-hybridized carbons (Fsp3) is 0.455. The summed E-state index contributed by atoms with van der Waals surface area (Å²) in [6.45, 7) is 2.86. The Morgan fingerprint density at radius 3 is 3.07 bits per heavy atom. The number of unbranched alkanes of at least 4 members (excludes halogenated alkanes) is 1. The zero-order valence-electron chi connectivity index (χ0n) is 8.53. The van der Waals surface area contributed by atoms with Gasteiger partial charge in [0.2, 0.25) is 0 Å². The smallest absolute Gasteiger partial charge is 0.525 e. The van der Waals surface area contributed by atoms with Crippen molar-refractivity contribution in [3.63, 3.8) is 0 Å². The summed E-state index contributed by atoms with van der Waals surface area (Å²) in [5, 5.41) is 0. The molecule has 0 aliphatic carbocycles. The highest BCUT2D eigenvalue weighted by molar-refractivity contribution is 6.45. The Labute approximate surface area is 85.4 Å². The van der Waals surface area contributed by atoms with E-state index in [1.54, 1.807) is 0 Å². The SMILES string of the molecule is CCCCB1OCc2ccccc2O1. The highest BCUT2D eigenvalue weighted by Crippen LogP contribution is 2.25. The maximum Gasteiger partial charge on any atom is 0.525 e. The van der Waals surface area contributed by atoms with Crippen LogP contribution in [0.1, 0.15) is 25.3 Å². The van der Waals surface area contributed by atoms with Crippen molar-refractivity contribution in [2.45, 2.75) is 32.7 Å². The molecule has 0 saturated heterocycles. The summed E-state index contributed by atoms with van der Waals surface area (Å²) in [6, 6.07) is 8.07. The lowest BCUT2D eigenvalue weighted by Gasteiger charge is -2.23. The third kappa shape index (κ3) is 2.10. The molecule has 0 radical (unpaired) electrons. The van der Waals surface area contributed by atoms with Gasteiger partial charge < -0.3 is 9.31 Å². The molecule has 1 aliphatic rings. The minimum atomic E-state index is -0.0372. The summed E-state index contributed by atoms with van der Waals surface area (Å²) < 4.78 is 11.3. The Bertz CT molecular complexity index is 301. The minimum Gasteiger partial charge on any atom is -0.536 e. The molecule has 0 amide bonds. The minimum absolute atomic E-state index is 0.0372. The van der Waals surface area contributed by atoms with E-state index in [0.717, 1.165) is 24.1 Å². The molecule has 0 N–H and O–H groups in total. The predicted octanol–water partition coefficient (Wildman–Crippen LogP) is 2.88. The maximum atomic E-state index is 5.71. The van der Waals surface area contributed by atoms with Crippen LogP contribution < -0.4 is 4.65 Å². The number of hydrogen-bond donors (Lipinski definition) is 0. The monoisotopic (exact) mass is 190 g/mol. The Balaban J connectivity index is 1.99. The third-order valence-corrected chi connectivity index (χ3v) is 2.45.